The van der Waals surface area contributed by atoms with Crippen LogP contribution < -0.4 is 9.62 Å². The molecule has 0 saturated carbocycles. The highest BCUT2D eigenvalue weighted by Gasteiger charge is 2.35. The average molecular weight is 698 g/mol. The molecule has 0 fully saturated rings. The van der Waals surface area contributed by atoms with Gasteiger partial charge in [0, 0.05) is 41.2 Å². The lowest BCUT2D eigenvalue weighted by molar-refractivity contribution is -0.384. The second-order valence-corrected chi connectivity index (χ2v) is 13.6. The maximum absolute atomic E-state index is 14.5. The molecule has 1 N–H and O–H groups in total. The number of hydrogen-bond acceptors (Lipinski definition) is 6. The Morgan fingerprint density at radius 2 is 1.53 bits per heavy atom. The van der Waals surface area contributed by atoms with Crippen molar-refractivity contribution in [1.29, 1.82) is 0 Å². The highest BCUT2D eigenvalue weighted by atomic mass is 35.5. The number of non-ortho nitro benzene ring substituents is 1. The van der Waals surface area contributed by atoms with E-state index in [1.807, 2.05) is 44.2 Å². The number of sulfonamides is 1. The first-order chi connectivity index (χ1) is 22.4. The number of rotatable bonds is 14. The van der Waals surface area contributed by atoms with Crippen LogP contribution in [0.15, 0.2) is 108 Å². The van der Waals surface area contributed by atoms with E-state index in [0.29, 0.717) is 17.0 Å². The molecule has 246 valence electrons. The van der Waals surface area contributed by atoms with Gasteiger partial charge in [-0.25, -0.2) is 8.42 Å². The number of hydrogen-bond donors (Lipinski definition) is 1. The number of carbonyl (C=O) groups is 2. The molecule has 0 aromatic heterocycles. The number of nitrogens with zero attached hydrogens (tertiary/aromatic N) is 3. The lowest BCUT2D eigenvalue weighted by Crippen LogP contribution is -2.54. The Balaban J connectivity index is 1.83. The summed E-state index contributed by atoms with van der Waals surface area (Å²) in [7, 11) is -4.36. The molecule has 4 aromatic rings. The van der Waals surface area contributed by atoms with Gasteiger partial charge in [-0.2, -0.15) is 0 Å². The first-order valence-electron chi connectivity index (χ1n) is 14.8. The zero-order valence-corrected chi connectivity index (χ0v) is 28.1. The van der Waals surface area contributed by atoms with E-state index < -0.39 is 39.3 Å². The van der Waals surface area contributed by atoms with Crippen molar-refractivity contribution in [3.63, 3.8) is 0 Å². The van der Waals surface area contributed by atoms with Crippen molar-refractivity contribution < 1.29 is 22.9 Å². The quantitative estimate of drug-likeness (QED) is 0.116. The zero-order chi connectivity index (χ0) is 34.1. The number of halogens is 2. The number of carbonyl (C=O) groups excluding carboxylic acids is 2. The maximum Gasteiger partial charge on any atom is 0.269 e. The molecule has 10 nitrogen and oxygen atoms in total. The molecule has 2 atom stereocenters. The van der Waals surface area contributed by atoms with E-state index in [4.69, 9.17) is 23.2 Å². The van der Waals surface area contributed by atoms with E-state index in [1.54, 1.807) is 30.3 Å². The van der Waals surface area contributed by atoms with Crippen molar-refractivity contribution in [1.82, 2.24) is 10.2 Å². The molecule has 13 heteroatoms. The molecule has 0 saturated heterocycles. The Bertz CT molecular complexity index is 1810. The van der Waals surface area contributed by atoms with Gasteiger partial charge in [0.2, 0.25) is 11.8 Å². The maximum atomic E-state index is 14.5. The SMILES string of the molecule is CC[C@H](C)NC(=O)[C@@H](Cc1ccccc1)N(Cc1ccc(Cl)cc1Cl)C(=O)CN(c1ccc([N+](=O)[O-])cc1)S(=O)(=O)c1ccccc1. The van der Waals surface area contributed by atoms with Gasteiger partial charge >= 0.3 is 0 Å². The molecule has 0 spiro atoms. The van der Waals surface area contributed by atoms with Crippen LogP contribution in [0.2, 0.25) is 10.0 Å². The van der Waals surface area contributed by atoms with Gasteiger partial charge in [-0.05, 0) is 60.9 Å². The monoisotopic (exact) mass is 696 g/mol. The topological polar surface area (TPSA) is 130 Å². The van der Waals surface area contributed by atoms with Crippen molar-refractivity contribution in [3.8, 4) is 0 Å². The second-order valence-electron chi connectivity index (χ2n) is 10.9. The van der Waals surface area contributed by atoms with Gasteiger partial charge in [0.25, 0.3) is 15.7 Å². The average Bonchev–Trinajstić information content (AvgIpc) is 3.06. The fourth-order valence-corrected chi connectivity index (χ4v) is 6.72. The summed E-state index contributed by atoms with van der Waals surface area (Å²) < 4.78 is 29.0. The van der Waals surface area contributed by atoms with E-state index >= 15 is 0 Å². The Labute approximate surface area is 284 Å². The number of nitrogens with one attached hydrogen (secondary N) is 1. The number of amides is 2. The van der Waals surface area contributed by atoms with E-state index in [9.17, 15) is 28.1 Å². The smallest absolute Gasteiger partial charge is 0.269 e. The van der Waals surface area contributed by atoms with E-state index in [1.165, 1.54) is 35.2 Å². The van der Waals surface area contributed by atoms with Crippen LogP contribution in [0.5, 0.6) is 0 Å². The van der Waals surface area contributed by atoms with E-state index in [0.717, 1.165) is 22.0 Å². The van der Waals surface area contributed by atoms with Gasteiger partial charge in [-0.1, -0.05) is 84.7 Å². The minimum Gasteiger partial charge on any atom is -0.352 e. The van der Waals surface area contributed by atoms with Gasteiger partial charge in [0.15, 0.2) is 0 Å². The fourth-order valence-electron chi connectivity index (χ4n) is 4.82. The van der Waals surface area contributed by atoms with Crippen molar-refractivity contribution in [2.24, 2.45) is 0 Å². The molecule has 2 amide bonds. The summed E-state index contributed by atoms with van der Waals surface area (Å²) in [6.45, 7) is 2.91. The Morgan fingerprint density at radius 1 is 0.915 bits per heavy atom. The molecule has 4 aromatic carbocycles. The van der Waals surface area contributed by atoms with Crippen LogP contribution in [0.1, 0.15) is 31.4 Å². The molecule has 0 heterocycles. The normalized spacial score (nSPS) is 12.5. The van der Waals surface area contributed by atoms with Crippen LogP contribution in [0.25, 0.3) is 0 Å². The van der Waals surface area contributed by atoms with Crippen molar-refractivity contribution >= 4 is 56.4 Å². The summed E-state index contributed by atoms with van der Waals surface area (Å²) in [5.74, 6) is -1.12. The van der Waals surface area contributed by atoms with E-state index in [2.05, 4.69) is 5.32 Å². The van der Waals surface area contributed by atoms with Crippen LogP contribution in [0, 0.1) is 10.1 Å². The fraction of sp³-hybridized carbons (Fsp3) is 0.235. The highest BCUT2D eigenvalue weighted by Crippen LogP contribution is 2.28. The lowest BCUT2D eigenvalue weighted by Gasteiger charge is -2.34. The van der Waals surface area contributed by atoms with Gasteiger partial charge in [-0.15, -0.1) is 0 Å². The van der Waals surface area contributed by atoms with Gasteiger partial charge in [0.05, 0.1) is 15.5 Å². The number of nitro groups is 1. The third-order valence-corrected chi connectivity index (χ3v) is 9.96. The minimum absolute atomic E-state index is 0.0287. The number of anilines is 1. The second kappa shape index (κ2) is 15.9. The van der Waals surface area contributed by atoms with Gasteiger partial charge in [0.1, 0.15) is 12.6 Å². The predicted octanol–water partition coefficient (Wildman–Crippen LogP) is 6.65. The molecule has 0 aliphatic heterocycles. The Kier molecular flexibility index (Phi) is 12.0. The van der Waals surface area contributed by atoms with Crippen LogP contribution in [-0.2, 0) is 32.6 Å². The predicted molar refractivity (Wildman–Crippen MR) is 183 cm³/mol. The van der Waals surface area contributed by atoms with E-state index in [-0.39, 0.29) is 40.3 Å². The molecule has 47 heavy (non-hydrogen) atoms. The summed E-state index contributed by atoms with van der Waals surface area (Å²) in [6, 6.07) is 25.1. The van der Waals surface area contributed by atoms with Crippen molar-refractivity contribution in [2.75, 3.05) is 10.8 Å². The van der Waals surface area contributed by atoms with Crippen LogP contribution >= 0.6 is 23.2 Å². The van der Waals surface area contributed by atoms with Crippen LogP contribution in [0.3, 0.4) is 0 Å². The Hall–Kier alpha value is -4.45. The Morgan fingerprint density at radius 3 is 2.11 bits per heavy atom. The summed E-state index contributed by atoms with van der Waals surface area (Å²) in [5.41, 5.74) is 1.05. The third kappa shape index (κ3) is 9.09. The number of benzene rings is 4. The van der Waals surface area contributed by atoms with Gasteiger partial charge < -0.3 is 10.2 Å². The standard InChI is InChI=1S/C34H34Cl2N4O6S/c1-3-24(2)37-34(42)32(20-25-10-6-4-7-11-25)38(22-26-14-15-27(35)21-31(26)36)33(41)23-39(28-16-18-29(19-17-28)40(43)44)47(45,46)30-12-8-5-9-13-30/h4-19,21,24,32H,3,20,22-23H2,1-2H3,(H,37,42)/t24-,32+/m0/s1. The third-order valence-electron chi connectivity index (χ3n) is 7.59. The first kappa shape index (κ1) is 35.4. The molecular weight excluding hydrogens is 663 g/mol. The largest absolute Gasteiger partial charge is 0.352 e. The molecule has 4 rings (SSSR count). The summed E-state index contributed by atoms with van der Waals surface area (Å²) in [5, 5.41) is 14.9. The summed E-state index contributed by atoms with van der Waals surface area (Å²) >= 11 is 12.7. The highest BCUT2D eigenvalue weighted by molar-refractivity contribution is 7.92. The first-order valence-corrected chi connectivity index (χ1v) is 17.0. The summed E-state index contributed by atoms with van der Waals surface area (Å²) in [4.78, 5) is 40.4. The molecule has 0 aliphatic rings. The van der Waals surface area contributed by atoms with Crippen LogP contribution in [-0.4, -0.2) is 48.7 Å². The molecule has 0 bridgehead atoms. The zero-order valence-electron chi connectivity index (χ0n) is 25.8. The van der Waals surface area contributed by atoms with Gasteiger partial charge in [-0.3, -0.25) is 24.0 Å². The van der Waals surface area contributed by atoms with Crippen molar-refractivity contribution in [2.45, 2.75) is 50.2 Å². The van der Waals surface area contributed by atoms with Crippen molar-refractivity contribution in [3.05, 3.63) is 134 Å². The minimum atomic E-state index is -4.36. The molecule has 0 radical (unpaired) electrons. The molecule has 0 unspecified atom stereocenters. The summed E-state index contributed by atoms with van der Waals surface area (Å²) in [6.07, 6.45) is 0.771. The molecule has 0 aliphatic carbocycles. The lowest BCUT2D eigenvalue weighted by atomic mass is 10.0. The molecular formula is C34H34Cl2N4O6S. The van der Waals surface area contributed by atoms with Crippen LogP contribution in [0.4, 0.5) is 11.4 Å². The number of nitro benzene ring substituents is 1.